The van der Waals surface area contributed by atoms with Gasteiger partial charge in [0, 0.05) is 19.8 Å². The Bertz CT molecular complexity index is 615. The molecule has 0 fully saturated rings. The highest BCUT2D eigenvalue weighted by Crippen LogP contribution is 2.30. The molecule has 0 bridgehead atoms. The highest BCUT2D eigenvalue weighted by Gasteiger charge is 2.55. The van der Waals surface area contributed by atoms with Crippen LogP contribution in [0.25, 0.3) is 0 Å². The minimum absolute atomic E-state index is 0.457. The summed E-state index contributed by atoms with van der Waals surface area (Å²) in [6.45, 7) is 25.7. The second-order valence-corrected chi connectivity index (χ2v) is 16.8. The molecule has 0 aliphatic carbocycles. The van der Waals surface area contributed by atoms with Crippen molar-refractivity contribution in [1.29, 1.82) is 0 Å². The van der Waals surface area contributed by atoms with Gasteiger partial charge in [-0.3, -0.25) is 0 Å². The molecule has 1 aromatic heterocycles. The largest absolute Gasteiger partial charge is 0.548 e. The van der Waals surface area contributed by atoms with Crippen LogP contribution in [-0.4, -0.2) is 54.2 Å². The van der Waals surface area contributed by atoms with Crippen molar-refractivity contribution in [1.82, 2.24) is 0 Å². The van der Waals surface area contributed by atoms with Crippen LogP contribution >= 0.6 is 11.3 Å². The molecule has 1 aromatic rings. The highest BCUT2D eigenvalue weighted by molar-refractivity contribution is 7.32. The average molecular weight is 493 g/mol. The van der Waals surface area contributed by atoms with Crippen LogP contribution in [0.2, 0.25) is 0 Å². The van der Waals surface area contributed by atoms with E-state index in [4.69, 9.17) is 26.6 Å². The van der Waals surface area contributed by atoms with Crippen molar-refractivity contribution < 1.29 is 26.6 Å². The van der Waals surface area contributed by atoms with Crippen molar-refractivity contribution >= 4 is 37.9 Å². The Morgan fingerprint density at radius 3 is 1.13 bits per heavy atom. The van der Waals surface area contributed by atoms with Gasteiger partial charge in [0.2, 0.25) is 0 Å². The van der Waals surface area contributed by atoms with E-state index in [0.717, 1.165) is 9.00 Å². The van der Waals surface area contributed by atoms with Crippen molar-refractivity contribution in [2.45, 2.75) is 99.9 Å². The van der Waals surface area contributed by atoms with Crippen molar-refractivity contribution in [3.05, 3.63) is 12.1 Å². The Labute approximate surface area is 196 Å². The van der Waals surface area contributed by atoms with Crippen LogP contribution in [0.1, 0.15) is 83.1 Å². The van der Waals surface area contributed by atoms with Crippen molar-refractivity contribution in [2.24, 2.45) is 0 Å². The van der Waals surface area contributed by atoms with E-state index in [1.165, 1.54) is 0 Å². The lowest BCUT2D eigenvalue weighted by molar-refractivity contribution is -0.0650. The summed E-state index contributed by atoms with van der Waals surface area (Å²) in [5, 5.41) is 0. The summed E-state index contributed by atoms with van der Waals surface area (Å²) in [5.74, 6) is 0. The van der Waals surface area contributed by atoms with E-state index in [-0.39, 0.29) is 0 Å². The van der Waals surface area contributed by atoms with E-state index in [2.05, 4.69) is 0 Å². The molecule has 0 aliphatic heterocycles. The summed E-state index contributed by atoms with van der Waals surface area (Å²) in [6.07, 6.45) is 0. The first kappa shape index (κ1) is 28.9. The molecule has 0 saturated heterocycles. The van der Waals surface area contributed by atoms with E-state index in [1.54, 1.807) is 11.3 Å². The summed E-state index contributed by atoms with van der Waals surface area (Å²) in [6, 6.07) is 4.06. The SMILES string of the molecule is CCO[Si](OCC)(OCC)c1ccc([Si](OC(C)(C)C)(OC(C)(C)C)OC(C)(C)C)s1. The zero-order valence-electron chi connectivity index (χ0n) is 21.6. The number of thiophene rings is 1. The van der Waals surface area contributed by atoms with E-state index in [1.807, 2.05) is 95.2 Å². The fourth-order valence-electron chi connectivity index (χ4n) is 3.00. The van der Waals surface area contributed by atoms with Crippen LogP contribution in [0.15, 0.2) is 12.1 Å². The van der Waals surface area contributed by atoms with Gasteiger partial charge in [-0.2, -0.15) is 0 Å². The fourth-order valence-corrected chi connectivity index (χ4v) is 11.6. The van der Waals surface area contributed by atoms with Gasteiger partial charge in [-0.15, -0.1) is 11.3 Å². The molecule has 0 aromatic carbocycles. The molecular weight excluding hydrogens is 448 g/mol. The number of hydrogen-bond acceptors (Lipinski definition) is 7. The third kappa shape index (κ3) is 8.98. The molecule has 1 heterocycles. The molecule has 0 unspecified atom stereocenters. The molecule has 0 amide bonds. The second-order valence-electron chi connectivity index (χ2n) is 10.2. The molecule has 0 radical (unpaired) electrons. The molecule has 0 atom stereocenters. The Balaban J connectivity index is 3.66. The first-order valence-electron chi connectivity index (χ1n) is 11.1. The number of hydrogen-bond donors (Lipinski definition) is 0. The van der Waals surface area contributed by atoms with Gasteiger partial charge in [0.1, 0.15) is 0 Å². The summed E-state index contributed by atoms with van der Waals surface area (Å²) < 4.78 is 40.2. The highest BCUT2D eigenvalue weighted by atomic mass is 32.1. The maximum Gasteiger partial charge on any atom is 0.548 e. The van der Waals surface area contributed by atoms with Gasteiger partial charge in [0.25, 0.3) is 0 Å². The zero-order chi connectivity index (χ0) is 24.1. The molecule has 0 saturated carbocycles. The Hall–Kier alpha value is -0.106. The van der Waals surface area contributed by atoms with Crippen LogP contribution in [0.3, 0.4) is 0 Å². The van der Waals surface area contributed by atoms with E-state index >= 15 is 0 Å². The van der Waals surface area contributed by atoms with Crippen LogP contribution in [-0.2, 0) is 26.6 Å². The summed E-state index contributed by atoms with van der Waals surface area (Å²) >= 11 is 1.56. The second kappa shape index (κ2) is 10.9. The monoisotopic (exact) mass is 492 g/mol. The van der Waals surface area contributed by atoms with Gasteiger partial charge in [-0.25, -0.2) is 0 Å². The van der Waals surface area contributed by atoms with E-state index in [0.29, 0.717) is 19.8 Å². The third-order valence-electron chi connectivity index (χ3n) is 3.53. The summed E-state index contributed by atoms with van der Waals surface area (Å²) in [4.78, 5) is 0. The lowest BCUT2D eigenvalue weighted by Gasteiger charge is -2.42. The fraction of sp³-hybridized carbons (Fsp3) is 0.818. The van der Waals surface area contributed by atoms with Crippen molar-refractivity contribution in [3.63, 3.8) is 0 Å². The van der Waals surface area contributed by atoms with Crippen molar-refractivity contribution in [3.8, 4) is 0 Å². The summed E-state index contributed by atoms with van der Waals surface area (Å²) in [5.41, 5.74) is -1.37. The van der Waals surface area contributed by atoms with Crippen LogP contribution in [0, 0.1) is 0 Å². The standard InChI is InChI=1S/C22H44O6SSi2/c1-13-23-30(24-14-2,25-15-3)18-16-17-19(29-18)31(26-20(4,5)6,27-21(7,8)9)28-22(10,11)12/h16-17H,13-15H2,1-12H3. The maximum absolute atomic E-state index is 6.67. The van der Waals surface area contributed by atoms with Crippen molar-refractivity contribution in [2.75, 3.05) is 19.8 Å². The Kier molecular flexibility index (Phi) is 10.2. The van der Waals surface area contributed by atoms with Crippen LogP contribution in [0.5, 0.6) is 0 Å². The third-order valence-corrected chi connectivity index (χ3v) is 12.5. The molecule has 1 rings (SSSR count). The smallest absolute Gasteiger partial charge is 0.370 e. The van der Waals surface area contributed by atoms with Gasteiger partial charge < -0.3 is 26.6 Å². The van der Waals surface area contributed by atoms with Gasteiger partial charge in [-0.05, 0) is 95.2 Å². The molecular formula is C22H44O6SSi2. The molecule has 31 heavy (non-hydrogen) atoms. The van der Waals surface area contributed by atoms with E-state index in [9.17, 15) is 0 Å². The molecule has 182 valence electrons. The Morgan fingerprint density at radius 1 is 0.581 bits per heavy atom. The predicted molar refractivity (Wildman–Crippen MR) is 132 cm³/mol. The van der Waals surface area contributed by atoms with Gasteiger partial charge in [-0.1, -0.05) is 0 Å². The molecule has 0 N–H and O–H groups in total. The topological polar surface area (TPSA) is 55.4 Å². The zero-order valence-corrected chi connectivity index (χ0v) is 24.5. The predicted octanol–water partition coefficient (Wildman–Crippen LogP) is 4.59. The number of rotatable bonds is 11. The minimum Gasteiger partial charge on any atom is -0.370 e. The maximum atomic E-state index is 6.67. The molecule has 0 spiro atoms. The lowest BCUT2D eigenvalue weighted by Crippen LogP contribution is -2.64. The van der Waals surface area contributed by atoms with Gasteiger partial charge in [0.15, 0.2) is 0 Å². The normalized spacial score (nSPS) is 14.3. The van der Waals surface area contributed by atoms with E-state index < -0.39 is 34.4 Å². The minimum atomic E-state index is -3.33. The Morgan fingerprint density at radius 2 is 0.871 bits per heavy atom. The quantitative estimate of drug-likeness (QED) is 0.421. The molecule has 9 heteroatoms. The van der Waals surface area contributed by atoms with Gasteiger partial charge >= 0.3 is 17.6 Å². The average Bonchev–Trinajstić information content (AvgIpc) is 3.01. The van der Waals surface area contributed by atoms with Crippen LogP contribution < -0.4 is 9.00 Å². The first-order valence-corrected chi connectivity index (χ1v) is 15.4. The first-order chi connectivity index (χ1) is 14.0. The molecule has 0 aliphatic rings. The lowest BCUT2D eigenvalue weighted by atomic mass is 10.2. The summed E-state index contributed by atoms with van der Waals surface area (Å²) in [7, 11) is -6.36. The molecule has 6 nitrogen and oxygen atoms in total. The van der Waals surface area contributed by atoms with Crippen LogP contribution in [0.4, 0.5) is 0 Å². The van der Waals surface area contributed by atoms with Gasteiger partial charge in [0.05, 0.1) is 25.8 Å².